The van der Waals surface area contributed by atoms with Crippen molar-refractivity contribution in [1.29, 1.82) is 0 Å². The number of para-hydroxylation sites is 1. The second kappa shape index (κ2) is 7.69. The van der Waals surface area contributed by atoms with Gasteiger partial charge >= 0.3 is 0 Å². The fourth-order valence-electron chi connectivity index (χ4n) is 2.71. The van der Waals surface area contributed by atoms with Crippen LogP contribution in [0.5, 0.6) is 11.5 Å². The van der Waals surface area contributed by atoms with Crippen molar-refractivity contribution in [3.05, 3.63) is 54.4 Å². The number of benzene rings is 2. The van der Waals surface area contributed by atoms with E-state index in [1.807, 2.05) is 35.8 Å². The molecule has 0 saturated heterocycles. The van der Waals surface area contributed by atoms with Crippen LogP contribution in [0, 0.1) is 0 Å². The standard InChI is InChI=1S/C19H20N4O3/c1-4-23-12-20-22-18(23)13-7-5-8-14(11-13)21-19(24)15-9-6-10-16(25-2)17(15)26-3/h5-12H,4H2,1-3H3,(H,21,24). The molecule has 26 heavy (non-hydrogen) atoms. The highest BCUT2D eigenvalue weighted by Crippen LogP contribution is 2.31. The molecule has 7 nitrogen and oxygen atoms in total. The molecular weight excluding hydrogens is 332 g/mol. The van der Waals surface area contributed by atoms with Crippen LogP contribution in [0.25, 0.3) is 11.4 Å². The smallest absolute Gasteiger partial charge is 0.259 e. The molecule has 3 aromatic rings. The molecule has 0 spiro atoms. The van der Waals surface area contributed by atoms with Crippen molar-refractivity contribution in [3.63, 3.8) is 0 Å². The zero-order chi connectivity index (χ0) is 18.5. The zero-order valence-corrected chi connectivity index (χ0v) is 14.9. The van der Waals surface area contributed by atoms with Gasteiger partial charge in [-0.05, 0) is 31.2 Å². The van der Waals surface area contributed by atoms with E-state index in [1.54, 1.807) is 24.5 Å². The number of aryl methyl sites for hydroxylation is 1. The zero-order valence-electron chi connectivity index (χ0n) is 14.9. The molecule has 2 aromatic carbocycles. The van der Waals surface area contributed by atoms with Crippen molar-refractivity contribution in [1.82, 2.24) is 14.8 Å². The van der Waals surface area contributed by atoms with Gasteiger partial charge in [-0.15, -0.1) is 10.2 Å². The average molecular weight is 352 g/mol. The van der Waals surface area contributed by atoms with Gasteiger partial charge in [0.2, 0.25) is 0 Å². The summed E-state index contributed by atoms with van der Waals surface area (Å²) in [5.41, 5.74) is 1.93. The molecule has 0 aliphatic rings. The maximum Gasteiger partial charge on any atom is 0.259 e. The summed E-state index contributed by atoms with van der Waals surface area (Å²) < 4.78 is 12.5. The first-order chi connectivity index (χ1) is 12.7. The predicted molar refractivity (Wildman–Crippen MR) is 98.6 cm³/mol. The Hall–Kier alpha value is -3.35. The van der Waals surface area contributed by atoms with Gasteiger partial charge in [0.1, 0.15) is 6.33 Å². The lowest BCUT2D eigenvalue weighted by atomic mass is 10.1. The fourth-order valence-corrected chi connectivity index (χ4v) is 2.71. The Bertz CT molecular complexity index is 921. The first-order valence-corrected chi connectivity index (χ1v) is 8.18. The minimum atomic E-state index is -0.283. The lowest BCUT2D eigenvalue weighted by Gasteiger charge is -2.13. The first kappa shape index (κ1) is 17.5. The van der Waals surface area contributed by atoms with E-state index in [-0.39, 0.29) is 5.91 Å². The number of carbonyl (C=O) groups is 1. The predicted octanol–water partition coefficient (Wildman–Crippen LogP) is 3.23. The minimum Gasteiger partial charge on any atom is -0.493 e. The van der Waals surface area contributed by atoms with Crippen molar-refractivity contribution in [2.24, 2.45) is 0 Å². The van der Waals surface area contributed by atoms with Crippen LogP contribution in [-0.4, -0.2) is 34.9 Å². The summed E-state index contributed by atoms with van der Waals surface area (Å²) in [7, 11) is 3.04. The van der Waals surface area contributed by atoms with Gasteiger partial charge in [0.25, 0.3) is 5.91 Å². The topological polar surface area (TPSA) is 78.3 Å². The van der Waals surface area contributed by atoms with Crippen molar-refractivity contribution in [2.75, 3.05) is 19.5 Å². The van der Waals surface area contributed by atoms with Gasteiger partial charge in [0, 0.05) is 17.8 Å². The number of aromatic nitrogens is 3. The Morgan fingerprint density at radius 1 is 1.15 bits per heavy atom. The molecule has 1 aromatic heterocycles. The molecule has 0 unspecified atom stereocenters. The number of ether oxygens (including phenoxy) is 2. The molecule has 0 aliphatic carbocycles. The number of hydrogen-bond acceptors (Lipinski definition) is 5. The SMILES string of the molecule is CCn1cnnc1-c1cccc(NC(=O)c2cccc(OC)c2OC)c1. The Morgan fingerprint density at radius 3 is 2.69 bits per heavy atom. The van der Waals surface area contributed by atoms with Gasteiger partial charge in [0.15, 0.2) is 17.3 Å². The Kier molecular flexibility index (Phi) is 5.17. The maximum absolute atomic E-state index is 12.7. The van der Waals surface area contributed by atoms with Crippen LogP contribution in [0.1, 0.15) is 17.3 Å². The van der Waals surface area contributed by atoms with Gasteiger partial charge < -0.3 is 19.4 Å². The van der Waals surface area contributed by atoms with E-state index in [1.165, 1.54) is 14.2 Å². The highest BCUT2D eigenvalue weighted by molar-refractivity contribution is 6.07. The Morgan fingerprint density at radius 2 is 1.96 bits per heavy atom. The summed E-state index contributed by atoms with van der Waals surface area (Å²) in [5.74, 6) is 1.37. The monoisotopic (exact) mass is 352 g/mol. The van der Waals surface area contributed by atoms with Gasteiger partial charge in [0.05, 0.1) is 19.8 Å². The molecule has 1 N–H and O–H groups in total. The number of nitrogens with zero attached hydrogens (tertiary/aromatic N) is 3. The van der Waals surface area contributed by atoms with E-state index in [2.05, 4.69) is 15.5 Å². The third kappa shape index (κ3) is 3.37. The van der Waals surface area contributed by atoms with E-state index < -0.39 is 0 Å². The number of nitrogens with one attached hydrogen (secondary N) is 1. The molecule has 0 bridgehead atoms. The summed E-state index contributed by atoms with van der Waals surface area (Å²) in [4.78, 5) is 12.7. The largest absolute Gasteiger partial charge is 0.493 e. The quantitative estimate of drug-likeness (QED) is 0.737. The fraction of sp³-hybridized carbons (Fsp3) is 0.211. The third-order valence-corrected chi connectivity index (χ3v) is 3.98. The van der Waals surface area contributed by atoms with Crippen molar-refractivity contribution >= 4 is 11.6 Å². The molecule has 0 radical (unpaired) electrons. The molecule has 0 atom stereocenters. The Labute approximate surface area is 151 Å². The van der Waals surface area contributed by atoms with E-state index in [9.17, 15) is 4.79 Å². The number of amides is 1. The lowest BCUT2D eigenvalue weighted by molar-refractivity contribution is 0.102. The molecule has 3 rings (SSSR count). The van der Waals surface area contributed by atoms with E-state index in [0.717, 1.165) is 17.9 Å². The highest BCUT2D eigenvalue weighted by Gasteiger charge is 2.17. The summed E-state index contributed by atoms with van der Waals surface area (Å²) in [6.07, 6.45) is 1.68. The first-order valence-electron chi connectivity index (χ1n) is 8.18. The summed E-state index contributed by atoms with van der Waals surface area (Å²) in [5, 5.41) is 11.0. The van der Waals surface area contributed by atoms with Crippen LogP contribution < -0.4 is 14.8 Å². The van der Waals surface area contributed by atoms with Crippen LogP contribution in [-0.2, 0) is 6.54 Å². The molecule has 0 aliphatic heterocycles. The van der Waals surface area contributed by atoms with Gasteiger partial charge in [-0.25, -0.2) is 0 Å². The van der Waals surface area contributed by atoms with Crippen LogP contribution in [0.15, 0.2) is 48.8 Å². The van der Waals surface area contributed by atoms with Crippen molar-refractivity contribution < 1.29 is 14.3 Å². The van der Waals surface area contributed by atoms with E-state index in [4.69, 9.17) is 9.47 Å². The number of rotatable bonds is 6. The normalized spacial score (nSPS) is 10.4. The summed E-state index contributed by atoms with van der Waals surface area (Å²) in [6.45, 7) is 2.79. The Balaban J connectivity index is 1.88. The van der Waals surface area contributed by atoms with Crippen LogP contribution in [0.3, 0.4) is 0 Å². The number of methoxy groups -OCH3 is 2. The summed E-state index contributed by atoms with van der Waals surface area (Å²) in [6, 6.07) is 12.7. The van der Waals surface area contributed by atoms with Gasteiger partial charge in [-0.1, -0.05) is 18.2 Å². The molecule has 0 saturated carbocycles. The molecule has 1 amide bonds. The molecular formula is C19H20N4O3. The van der Waals surface area contributed by atoms with Crippen molar-refractivity contribution in [2.45, 2.75) is 13.5 Å². The highest BCUT2D eigenvalue weighted by atomic mass is 16.5. The third-order valence-electron chi connectivity index (χ3n) is 3.98. The lowest BCUT2D eigenvalue weighted by Crippen LogP contribution is -2.13. The minimum absolute atomic E-state index is 0.283. The van der Waals surface area contributed by atoms with Crippen LogP contribution in [0.4, 0.5) is 5.69 Å². The average Bonchev–Trinajstić information content (AvgIpc) is 3.16. The van der Waals surface area contributed by atoms with Gasteiger partial charge in [-0.3, -0.25) is 4.79 Å². The molecule has 134 valence electrons. The number of hydrogen-bond donors (Lipinski definition) is 1. The second-order valence-electron chi connectivity index (χ2n) is 5.52. The van der Waals surface area contributed by atoms with Crippen LogP contribution in [0.2, 0.25) is 0 Å². The van der Waals surface area contributed by atoms with E-state index in [0.29, 0.717) is 22.7 Å². The molecule has 1 heterocycles. The van der Waals surface area contributed by atoms with Crippen molar-refractivity contribution in [3.8, 4) is 22.9 Å². The second-order valence-corrected chi connectivity index (χ2v) is 5.52. The summed E-state index contributed by atoms with van der Waals surface area (Å²) >= 11 is 0. The number of carbonyl (C=O) groups excluding carboxylic acids is 1. The number of anilines is 1. The van der Waals surface area contributed by atoms with Gasteiger partial charge in [-0.2, -0.15) is 0 Å². The van der Waals surface area contributed by atoms with E-state index >= 15 is 0 Å². The maximum atomic E-state index is 12.7. The molecule has 0 fully saturated rings. The van der Waals surface area contributed by atoms with Crippen LogP contribution >= 0.6 is 0 Å². The molecule has 7 heteroatoms.